The zero-order valence-electron chi connectivity index (χ0n) is 9.56. The monoisotopic (exact) mass is 283 g/mol. The van der Waals surface area contributed by atoms with Crippen LogP contribution in [0.15, 0.2) is 43.1 Å². The average Bonchev–Trinajstić information content (AvgIpc) is 2.30. The summed E-state index contributed by atoms with van der Waals surface area (Å²) in [4.78, 5) is 12.8. The van der Waals surface area contributed by atoms with Gasteiger partial charge < -0.3 is 0 Å². The Morgan fingerprint density at radius 2 is 2.12 bits per heavy atom. The van der Waals surface area contributed by atoms with Gasteiger partial charge in [0.05, 0.1) is 0 Å². The van der Waals surface area contributed by atoms with Crippen LogP contribution in [0.5, 0.6) is 0 Å². The Kier molecular flexibility index (Phi) is 5.91. The van der Waals surface area contributed by atoms with Crippen molar-refractivity contribution >= 4 is 25.3 Å². The first-order valence-corrected chi connectivity index (χ1v) is 7.38. The molecule has 16 heavy (non-hydrogen) atoms. The number of carbonyl (C=O) groups is 1. The molecule has 1 rings (SSSR count). The number of benzene rings is 1. The van der Waals surface area contributed by atoms with E-state index in [0.29, 0.717) is 15.0 Å². The van der Waals surface area contributed by atoms with Gasteiger partial charge in [-0.15, -0.1) is 0 Å². The van der Waals surface area contributed by atoms with E-state index in [1.54, 1.807) is 18.0 Å². The molecule has 0 atom stereocenters. The van der Waals surface area contributed by atoms with Gasteiger partial charge >= 0.3 is 103 Å². The van der Waals surface area contributed by atoms with Crippen LogP contribution in [0, 0.1) is 0 Å². The molecule has 0 aliphatic carbocycles. The molecule has 0 saturated heterocycles. The maximum absolute atomic E-state index is 11.1. The van der Waals surface area contributed by atoms with Crippen LogP contribution < -0.4 is 4.46 Å². The molecule has 0 aliphatic heterocycles. The minimum absolute atomic E-state index is 0.0715. The molecule has 0 N–H and O–H groups in total. The van der Waals surface area contributed by atoms with E-state index in [4.69, 9.17) is 0 Å². The quantitative estimate of drug-likeness (QED) is 0.575. The fourth-order valence-electron chi connectivity index (χ4n) is 1.32. The van der Waals surface area contributed by atoms with Gasteiger partial charge in [-0.3, -0.25) is 0 Å². The molecule has 1 aromatic rings. The Morgan fingerprint density at radius 3 is 2.69 bits per heavy atom. The second-order valence-corrected chi connectivity index (χ2v) is 5.86. The molecule has 0 bridgehead atoms. The van der Waals surface area contributed by atoms with Crippen molar-refractivity contribution in [3.63, 3.8) is 0 Å². The summed E-state index contributed by atoms with van der Waals surface area (Å²) in [5.41, 5.74) is 0. The van der Waals surface area contributed by atoms with Gasteiger partial charge in [0.2, 0.25) is 0 Å². The number of hydrogen-bond donors (Lipinski definition) is 0. The van der Waals surface area contributed by atoms with Crippen molar-refractivity contribution < 1.29 is 4.79 Å². The van der Waals surface area contributed by atoms with Crippen LogP contribution in [-0.4, -0.2) is 32.3 Å². The molecule has 86 valence electrons. The summed E-state index contributed by atoms with van der Waals surface area (Å²) in [6.07, 6.45) is 2.65. The van der Waals surface area contributed by atoms with Crippen LogP contribution in [0.2, 0.25) is 5.32 Å². The molecule has 0 heterocycles. The van der Waals surface area contributed by atoms with Crippen LogP contribution >= 0.6 is 0 Å². The number of hydrogen-bond acceptors (Lipinski definition) is 1. The van der Waals surface area contributed by atoms with Crippen LogP contribution in [0.4, 0.5) is 0 Å². The van der Waals surface area contributed by atoms with E-state index < -0.39 is 0 Å². The molecular weight excluding hydrogens is 265 g/mol. The van der Waals surface area contributed by atoms with E-state index in [2.05, 4.69) is 30.8 Å². The Morgan fingerprint density at radius 1 is 1.44 bits per heavy atom. The molecule has 1 aromatic carbocycles. The fraction of sp³-hybridized carbons (Fsp3) is 0.308. The number of rotatable bonds is 6. The van der Waals surface area contributed by atoms with Crippen LogP contribution in [0.3, 0.4) is 0 Å². The van der Waals surface area contributed by atoms with E-state index in [1.807, 2.05) is 6.07 Å². The first-order chi connectivity index (χ1) is 7.74. The summed E-state index contributed by atoms with van der Waals surface area (Å²) in [7, 11) is 0. The molecule has 0 aliphatic rings. The van der Waals surface area contributed by atoms with E-state index in [0.717, 1.165) is 18.3 Å². The van der Waals surface area contributed by atoms with Gasteiger partial charge in [0, 0.05) is 0 Å². The first-order valence-electron chi connectivity index (χ1n) is 5.31. The molecule has 0 radical (unpaired) electrons. The fourth-order valence-corrected chi connectivity index (χ4v) is 3.12. The SMILES string of the molecule is C=CN(CCC[Se]c1ccccc1)C(C)=O. The van der Waals surface area contributed by atoms with Crippen molar-refractivity contribution in [2.45, 2.75) is 18.7 Å². The van der Waals surface area contributed by atoms with Crippen LogP contribution in [-0.2, 0) is 4.79 Å². The van der Waals surface area contributed by atoms with Gasteiger partial charge in [-0.05, 0) is 0 Å². The van der Waals surface area contributed by atoms with Gasteiger partial charge in [0.25, 0.3) is 0 Å². The predicted octanol–water partition coefficient (Wildman–Crippen LogP) is 1.82. The summed E-state index contributed by atoms with van der Waals surface area (Å²) >= 11 is 0.519. The molecule has 0 spiro atoms. The summed E-state index contributed by atoms with van der Waals surface area (Å²) < 4.78 is 1.42. The van der Waals surface area contributed by atoms with E-state index in [1.165, 1.54) is 4.46 Å². The molecule has 0 fully saturated rings. The Hall–Kier alpha value is -1.05. The third kappa shape index (κ3) is 4.65. The third-order valence-corrected chi connectivity index (χ3v) is 4.48. The molecule has 1 amide bonds. The topological polar surface area (TPSA) is 20.3 Å². The Bertz CT molecular complexity index is 337. The second kappa shape index (κ2) is 7.26. The van der Waals surface area contributed by atoms with Gasteiger partial charge in [-0.1, -0.05) is 0 Å². The molecule has 0 aromatic heterocycles. The van der Waals surface area contributed by atoms with Crippen LogP contribution in [0.25, 0.3) is 0 Å². The molecular formula is C13H17NOSe. The summed E-state index contributed by atoms with van der Waals surface area (Å²) in [5.74, 6) is 0.0715. The Labute approximate surface area is 103 Å². The number of amides is 1. The van der Waals surface area contributed by atoms with Gasteiger partial charge in [-0.25, -0.2) is 0 Å². The van der Waals surface area contributed by atoms with E-state index in [9.17, 15) is 4.79 Å². The van der Waals surface area contributed by atoms with Crippen LogP contribution in [0.1, 0.15) is 13.3 Å². The van der Waals surface area contributed by atoms with E-state index >= 15 is 0 Å². The average molecular weight is 282 g/mol. The maximum atomic E-state index is 11.1. The van der Waals surface area contributed by atoms with Crippen molar-refractivity contribution in [2.75, 3.05) is 6.54 Å². The zero-order chi connectivity index (χ0) is 11.8. The van der Waals surface area contributed by atoms with Crippen molar-refractivity contribution in [3.05, 3.63) is 43.1 Å². The first kappa shape index (κ1) is 13.0. The zero-order valence-corrected chi connectivity index (χ0v) is 11.3. The normalized spacial score (nSPS) is 9.81. The predicted molar refractivity (Wildman–Crippen MR) is 68.8 cm³/mol. The van der Waals surface area contributed by atoms with Crippen molar-refractivity contribution in [2.24, 2.45) is 0 Å². The number of carbonyl (C=O) groups excluding carboxylic acids is 1. The molecule has 0 unspecified atom stereocenters. The summed E-state index contributed by atoms with van der Waals surface area (Å²) in [6, 6.07) is 10.5. The van der Waals surface area contributed by atoms with Gasteiger partial charge in [-0.2, -0.15) is 0 Å². The van der Waals surface area contributed by atoms with Crippen molar-refractivity contribution in [1.29, 1.82) is 0 Å². The molecule has 3 heteroatoms. The van der Waals surface area contributed by atoms with Crippen molar-refractivity contribution in [1.82, 2.24) is 4.90 Å². The van der Waals surface area contributed by atoms with Crippen molar-refractivity contribution in [3.8, 4) is 0 Å². The summed E-state index contributed by atoms with van der Waals surface area (Å²) in [6.45, 7) is 5.99. The van der Waals surface area contributed by atoms with Gasteiger partial charge in [0.15, 0.2) is 0 Å². The summed E-state index contributed by atoms with van der Waals surface area (Å²) in [5, 5.41) is 1.16. The van der Waals surface area contributed by atoms with E-state index in [-0.39, 0.29) is 5.91 Å². The second-order valence-electron chi connectivity index (χ2n) is 3.41. The number of nitrogens with zero attached hydrogens (tertiary/aromatic N) is 1. The minimum atomic E-state index is 0.0715. The molecule has 2 nitrogen and oxygen atoms in total. The van der Waals surface area contributed by atoms with Gasteiger partial charge in [0.1, 0.15) is 0 Å². The molecule has 0 saturated carbocycles. The third-order valence-electron chi connectivity index (χ3n) is 2.18. The standard InChI is InChI=1S/C13H17NOSe/c1-3-14(12(2)15)10-7-11-16-13-8-5-4-6-9-13/h3-6,8-9H,1,7,10-11H2,2H3. The Balaban J connectivity index is 2.21.